The molecule has 4 rings (SSSR count). The van der Waals surface area contributed by atoms with Crippen LogP contribution in [-0.4, -0.2) is 22.8 Å². The van der Waals surface area contributed by atoms with E-state index in [1.807, 2.05) is 0 Å². The fourth-order valence-electron chi connectivity index (χ4n) is 3.93. The lowest BCUT2D eigenvalue weighted by Gasteiger charge is -2.36. The van der Waals surface area contributed by atoms with Crippen LogP contribution in [0.3, 0.4) is 0 Å². The van der Waals surface area contributed by atoms with Crippen LogP contribution in [0.25, 0.3) is 0 Å². The average Bonchev–Trinajstić information content (AvgIpc) is 3.32. The molecule has 0 aliphatic heterocycles. The highest BCUT2D eigenvalue weighted by Gasteiger charge is 2.48. The van der Waals surface area contributed by atoms with Gasteiger partial charge in [-0.05, 0) is 47.4 Å². The lowest BCUT2D eigenvalue weighted by molar-refractivity contribution is 0.0888. The molecule has 154 valence electrons. The van der Waals surface area contributed by atoms with E-state index in [2.05, 4.69) is 10.3 Å². The minimum Gasteiger partial charge on any atom is -0.366 e. The Hall–Kier alpha value is -2.81. The molecule has 9 heteroatoms. The van der Waals surface area contributed by atoms with Gasteiger partial charge in [-0.25, -0.2) is 4.39 Å². The van der Waals surface area contributed by atoms with Crippen molar-refractivity contribution in [3.63, 3.8) is 0 Å². The SMILES string of the molecule is NC(=O)c1ccc(C[C@@]2(NC(=O)c3cncs3)c3cc(Cl)cc(F)c3C[C@H]2N)cc1. The molecule has 1 aromatic heterocycles. The van der Waals surface area contributed by atoms with Crippen molar-refractivity contribution < 1.29 is 14.0 Å². The van der Waals surface area contributed by atoms with Gasteiger partial charge in [0.1, 0.15) is 10.7 Å². The normalized spacial score (nSPS) is 20.0. The van der Waals surface area contributed by atoms with Crippen molar-refractivity contribution in [1.82, 2.24) is 10.3 Å². The molecule has 0 spiro atoms. The number of nitrogens with zero attached hydrogens (tertiary/aromatic N) is 1. The Bertz CT molecular complexity index is 1120. The number of rotatable bonds is 5. The van der Waals surface area contributed by atoms with E-state index in [1.165, 1.54) is 23.6 Å². The number of nitrogens with one attached hydrogen (secondary N) is 1. The highest BCUT2D eigenvalue weighted by atomic mass is 35.5. The second-order valence-corrected chi connectivity index (χ2v) is 8.58. The average molecular weight is 445 g/mol. The van der Waals surface area contributed by atoms with Crippen molar-refractivity contribution in [2.24, 2.45) is 11.5 Å². The van der Waals surface area contributed by atoms with Gasteiger partial charge in [0.2, 0.25) is 5.91 Å². The van der Waals surface area contributed by atoms with Crippen LogP contribution in [-0.2, 0) is 18.4 Å². The number of thiazole rings is 1. The molecule has 3 aromatic rings. The second kappa shape index (κ2) is 7.79. The third-order valence-corrected chi connectivity index (χ3v) is 6.40. The monoisotopic (exact) mass is 444 g/mol. The number of hydrogen-bond acceptors (Lipinski definition) is 5. The first-order valence-corrected chi connectivity index (χ1v) is 10.4. The number of aromatic nitrogens is 1. The third-order valence-electron chi connectivity index (χ3n) is 5.41. The largest absolute Gasteiger partial charge is 0.366 e. The Morgan fingerprint density at radius 2 is 2.03 bits per heavy atom. The number of fused-ring (bicyclic) bond motifs is 1. The van der Waals surface area contributed by atoms with Crippen LogP contribution in [0.2, 0.25) is 5.02 Å². The molecule has 1 aliphatic carbocycles. The maximum absolute atomic E-state index is 14.6. The second-order valence-electron chi connectivity index (χ2n) is 7.25. The van der Waals surface area contributed by atoms with Gasteiger partial charge in [-0.1, -0.05) is 23.7 Å². The van der Waals surface area contributed by atoms with Crippen molar-refractivity contribution >= 4 is 34.8 Å². The lowest BCUT2D eigenvalue weighted by atomic mass is 9.82. The molecule has 0 saturated carbocycles. The summed E-state index contributed by atoms with van der Waals surface area (Å²) in [5.41, 5.74) is 14.4. The summed E-state index contributed by atoms with van der Waals surface area (Å²) in [5, 5.41) is 3.25. The minimum absolute atomic E-state index is 0.223. The molecule has 1 heterocycles. The smallest absolute Gasteiger partial charge is 0.263 e. The fraction of sp³-hybridized carbons (Fsp3) is 0.190. The molecule has 5 N–H and O–H groups in total. The number of halogens is 2. The van der Waals surface area contributed by atoms with Crippen LogP contribution in [0.15, 0.2) is 48.1 Å². The Morgan fingerprint density at radius 3 is 2.67 bits per heavy atom. The van der Waals surface area contributed by atoms with E-state index in [9.17, 15) is 14.0 Å². The molecular formula is C21H18ClFN4O2S. The molecule has 0 saturated heterocycles. The standard InChI is InChI=1S/C21H18ClFN4O2S/c22-13-5-15-14(16(23)6-13)7-18(24)21(15,27-20(29)17-9-26-10-30-17)8-11-1-3-12(4-2-11)19(25)28/h1-6,9-10,18H,7-8,24H2,(H2,25,28)(H,27,29)/t18-,21-/m1/s1. The third kappa shape index (κ3) is 3.58. The predicted molar refractivity (Wildman–Crippen MR) is 113 cm³/mol. The zero-order valence-electron chi connectivity index (χ0n) is 15.7. The van der Waals surface area contributed by atoms with E-state index in [4.69, 9.17) is 23.1 Å². The summed E-state index contributed by atoms with van der Waals surface area (Å²) in [7, 11) is 0. The highest BCUT2D eigenvalue weighted by Crippen LogP contribution is 2.42. The van der Waals surface area contributed by atoms with Gasteiger partial charge in [-0.3, -0.25) is 14.6 Å². The summed E-state index contributed by atoms with van der Waals surface area (Å²) in [6.45, 7) is 0. The van der Waals surface area contributed by atoms with Gasteiger partial charge in [-0.2, -0.15) is 0 Å². The lowest BCUT2D eigenvalue weighted by Crippen LogP contribution is -2.56. The van der Waals surface area contributed by atoms with Gasteiger partial charge in [0.05, 0.1) is 17.2 Å². The molecule has 2 amide bonds. The van der Waals surface area contributed by atoms with E-state index in [-0.39, 0.29) is 23.8 Å². The summed E-state index contributed by atoms with van der Waals surface area (Å²) in [4.78, 5) is 28.7. The Morgan fingerprint density at radius 1 is 1.30 bits per heavy atom. The van der Waals surface area contributed by atoms with Crippen molar-refractivity contribution in [1.29, 1.82) is 0 Å². The summed E-state index contributed by atoms with van der Waals surface area (Å²) >= 11 is 7.34. The Kier molecular flexibility index (Phi) is 5.31. The van der Waals surface area contributed by atoms with Crippen molar-refractivity contribution in [2.45, 2.75) is 24.4 Å². The van der Waals surface area contributed by atoms with Crippen molar-refractivity contribution in [3.8, 4) is 0 Å². The van der Waals surface area contributed by atoms with E-state index in [0.29, 0.717) is 21.6 Å². The molecule has 0 unspecified atom stereocenters. The number of carbonyl (C=O) groups is 2. The van der Waals surface area contributed by atoms with Crippen LogP contribution in [0, 0.1) is 5.82 Å². The van der Waals surface area contributed by atoms with Gasteiger partial charge in [0, 0.05) is 23.0 Å². The van der Waals surface area contributed by atoms with E-state index < -0.39 is 23.3 Å². The Balaban J connectivity index is 1.80. The summed E-state index contributed by atoms with van der Waals surface area (Å²) < 4.78 is 14.6. The molecule has 6 nitrogen and oxygen atoms in total. The van der Waals surface area contributed by atoms with Crippen LogP contribution in [0.1, 0.15) is 36.7 Å². The number of amides is 2. The summed E-state index contributed by atoms with van der Waals surface area (Å²) in [5.74, 6) is -1.34. The molecule has 0 fully saturated rings. The number of benzene rings is 2. The molecule has 0 bridgehead atoms. The van der Waals surface area contributed by atoms with E-state index >= 15 is 0 Å². The molecule has 2 aromatic carbocycles. The topological polar surface area (TPSA) is 111 Å². The summed E-state index contributed by atoms with van der Waals surface area (Å²) in [6.07, 6.45) is 2.00. The van der Waals surface area contributed by atoms with Crippen molar-refractivity contribution in [3.05, 3.63) is 86.1 Å². The first-order valence-electron chi connectivity index (χ1n) is 9.14. The van der Waals surface area contributed by atoms with Gasteiger partial charge in [0.15, 0.2) is 0 Å². The highest BCUT2D eigenvalue weighted by molar-refractivity contribution is 7.11. The first kappa shape index (κ1) is 20.5. The fourth-order valence-corrected chi connectivity index (χ4v) is 4.65. The predicted octanol–water partition coefficient (Wildman–Crippen LogP) is 2.79. The zero-order chi connectivity index (χ0) is 21.5. The molecule has 2 atom stereocenters. The molecular weight excluding hydrogens is 427 g/mol. The van der Waals surface area contributed by atoms with Crippen LogP contribution in [0.5, 0.6) is 0 Å². The number of primary amides is 1. The van der Waals surface area contributed by atoms with E-state index in [0.717, 1.165) is 5.56 Å². The van der Waals surface area contributed by atoms with E-state index in [1.54, 1.807) is 35.8 Å². The quantitative estimate of drug-likeness (QED) is 0.561. The van der Waals surface area contributed by atoms with Crippen LogP contribution in [0.4, 0.5) is 4.39 Å². The van der Waals surface area contributed by atoms with Crippen LogP contribution >= 0.6 is 22.9 Å². The van der Waals surface area contributed by atoms with Gasteiger partial charge < -0.3 is 16.8 Å². The van der Waals surface area contributed by atoms with Gasteiger partial charge in [-0.15, -0.1) is 11.3 Å². The molecule has 30 heavy (non-hydrogen) atoms. The van der Waals surface area contributed by atoms with Crippen LogP contribution < -0.4 is 16.8 Å². The minimum atomic E-state index is -1.09. The van der Waals surface area contributed by atoms with Gasteiger partial charge >= 0.3 is 0 Å². The maximum atomic E-state index is 14.6. The number of carbonyl (C=O) groups excluding carboxylic acids is 2. The maximum Gasteiger partial charge on any atom is 0.263 e. The number of nitrogens with two attached hydrogens (primary N) is 2. The Labute approximate surface area is 181 Å². The molecule has 1 aliphatic rings. The van der Waals surface area contributed by atoms with Gasteiger partial charge in [0.25, 0.3) is 5.91 Å². The first-order chi connectivity index (χ1) is 14.3. The number of hydrogen-bond donors (Lipinski definition) is 3. The summed E-state index contributed by atoms with van der Waals surface area (Å²) in [6, 6.07) is 9.01. The molecule has 0 radical (unpaired) electrons. The zero-order valence-corrected chi connectivity index (χ0v) is 17.3. The van der Waals surface area contributed by atoms with Crippen molar-refractivity contribution in [2.75, 3.05) is 0 Å².